The number of ether oxygens (including phenoxy) is 4. The standard InChI is InChI=1S/C22H23FN2O4.C13H16FNO2/c1-2-29-21-15(9-16(23)11-17(21)13-5-7-28-8-6-13)10-18-20(22(26)27)25-19(12-24-18)14-3-4-14;1-2-17-13-11(7-10(14)8-12(13)15)9-3-5-16-6-4-9/h5,9,11-12,14H,2-4,6-8,10H2,1H3,(H,26,27);3,7-8H,2,4-6,15H2,1H3. The number of nitrogen functional groups attached to an aromatic ring is 1. The zero-order valence-electron chi connectivity index (χ0n) is 26.1. The normalized spacial score (nSPS) is 16.1. The van der Waals surface area contributed by atoms with Gasteiger partial charge in [0.05, 0.1) is 56.7 Å². The van der Waals surface area contributed by atoms with Crippen molar-refractivity contribution in [3.05, 3.63) is 88.0 Å². The average molecular weight is 636 g/mol. The Morgan fingerprint density at radius 1 is 0.935 bits per heavy atom. The molecule has 11 heteroatoms. The van der Waals surface area contributed by atoms with E-state index in [4.69, 9.17) is 24.7 Å². The van der Waals surface area contributed by atoms with Gasteiger partial charge in [-0.1, -0.05) is 12.2 Å². The van der Waals surface area contributed by atoms with Crippen LogP contribution in [0.5, 0.6) is 11.5 Å². The van der Waals surface area contributed by atoms with Gasteiger partial charge in [-0.2, -0.15) is 0 Å². The number of nitrogens with two attached hydrogens (primary N) is 1. The van der Waals surface area contributed by atoms with Gasteiger partial charge in [0.15, 0.2) is 5.69 Å². The minimum atomic E-state index is -1.13. The first-order valence-corrected chi connectivity index (χ1v) is 15.6. The van der Waals surface area contributed by atoms with Crippen molar-refractivity contribution in [3.8, 4) is 11.5 Å². The summed E-state index contributed by atoms with van der Waals surface area (Å²) in [4.78, 5) is 20.5. The summed E-state index contributed by atoms with van der Waals surface area (Å²) in [5.74, 6) is -0.432. The number of carboxylic acid groups (broad SMARTS) is 1. The maximum atomic E-state index is 14.5. The van der Waals surface area contributed by atoms with Crippen LogP contribution in [0.2, 0.25) is 0 Å². The van der Waals surface area contributed by atoms with Crippen LogP contribution < -0.4 is 15.2 Å². The first-order chi connectivity index (χ1) is 22.3. The third-order valence-electron chi connectivity index (χ3n) is 7.83. The van der Waals surface area contributed by atoms with Crippen molar-refractivity contribution in [1.82, 2.24) is 9.97 Å². The smallest absolute Gasteiger partial charge is 0.356 e. The number of benzene rings is 2. The number of hydrogen-bond acceptors (Lipinski definition) is 8. The fourth-order valence-corrected chi connectivity index (χ4v) is 5.52. The molecule has 1 aromatic heterocycles. The molecule has 3 aliphatic rings. The molecule has 244 valence electrons. The molecule has 0 spiro atoms. The molecule has 0 amide bonds. The summed E-state index contributed by atoms with van der Waals surface area (Å²) in [5, 5.41) is 9.63. The van der Waals surface area contributed by atoms with Crippen LogP contribution in [0.4, 0.5) is 14.5 Å². The molecular weight excluding hydrogens is 596 g/mol. The number of carboxylic acids is 1. The van der Waals surface area contributed by atoms with Gasteiger partial charge in [0.2, 0.25) is 0 Å². The summed E-state index contributed by atoms with van der Waals surface area (Å²) in [6, 6.07) is 5.61. The topological polar surface area (TPSA) is 126 Å². The number of halogens is 2. The highest BCUT2D eigenvalue weighted by Crippen LogP contribution is 2.40. The van der Waals surface area contributed by atoms with E-state index in [0.717, 1.165) is 36.0 Å². The molecule has 1 saturated carbocycles. The number of rotatable bonds is 10. The number of aromatic nitrogens is 2. The van der Waals surface area contributed by atoms with Crippen LogP contribution in [0.15, 0.2) is 42.6 Å². The predicted molar refractivity (Wildman–Crippen MR) is 170 cm³/mol. The molecule has 9 nitrogen and oxygen atoms in total. The van der Waals surface area contributed by atoms with Crippen molar-refractivity contribution in [1.29, 1.82) is 0 Å². The average Bonchev–Trinajstić information content (AvgIpc) is 3.90. The molecule has 0 radical (unpaired) electrons. The molecule has 1 fully saturated rings. The molecule has 6 rings (SSSR count). The number of aromatic carboxylic acids is 1. The van der Waals surface area contributed by atoms with E-state index in [0.29, 0.717) is 91.7 Å². The summed E-state index contributed by atoms with van der Waals surface area (Å²) in [6.45, 7) is 6.91. The predicted octanol–water partition coefficient (Wildman–Crippen LogP) is 6.59. The monoisotopic (exact) mass is 635 g/mol. The number of anilines is 1. The second-order valence-corrected chi connectivity index (χ2v) is 11.1. The number of nitrogens with zero attached hydrogens (tertiary/aromatic N) is 2. The van der Waals surface area contributed by atoms with Gasteiger partial charge in [0, 0.05) is 41.3 Å². The van der Waals surface area contributed by atoms with Gasteiger partial charge in [-0.15, -0.1) is 0 Å². The lowest BCUT2D eigenvalue weighted by atomic mass is 9.95. The highest BCUT2D eigenvalue weighted by atomic mass is 19.1. The molecule has 0 saturated heterocycles. The van der Waals surface area contributed by atoms with Crippen molar-refractivity contribution < 1.29 is 37.6 Å². The van der Waals surface area contributed by atoms with Gasteiger partial charge in [0.1, 0.15) is 23.1 Å². The van der Waals surface area contributed by atoms with E-state index in [1.165, 1.54) is 24.3 Å². The van der Waals surface area contributed by atoms with Crippen LogP contribution in [0, 0.1) is 11.6 Å². The van der Waals surface area contributed by atoms with E-state index >= 15 is 0 Å². The fourth-order valence-electron chi connectivity index (χ4n) is 5.52. The number of carbonyl (C=O) groups is 1. The van der Waals surface area contributed by atoms with Crippen LogP contribution in [-0.4, -0.2) is 60.7 Å². The maximum Gasteiger partial charge on any atom is 0.356 e. The Morgan fingerprint density at radius 2 is 1.52 bits per heavy atom. The molecular formula is C35H39F2N3O6. The lowest BCUT2D eigenvalue weighted by Crippen LogP contribution is -2.12. The molecule has 1 aliphatic carbocycles. The van der Waals surface area contributed by atoms with Crippen molar-refractivity contribution in [2.75, 3.05) is 45.4 Å². The quantitative estimate of drug-likeness (QED) is 0.237. The minimum absolute atomic E-state index is 0.0760. The first-order valence-electron chi connectivity index (χ1n) is 15.6. The molecule has 3 heterocycles. The molecule has 3 N–H and O–H groups in total. The Hall–Kier alpha value is -4.35. The van der Waals surface area contributed by atoms with Gasteiger partial charge >= 0.3 is 5.97 Å². The third-order valence-corrected chi connectivity index (χ3v) is 7.83. The number of hydrogen-bond donors (Lipinski definition) is 2. The molecule has 3 aromatic rings. The highest BCUT2D eigenvalue weighted by molar-refractivity contribution is 5.87. The van der Waals surface area contributed by atoms with Crippen LogP contribution in [0.3, 0.4) is 0 Å². The van der Waals surface area contributed by atoms with Crippen molar-refractivity contribution in [2.24, 2.45) is 0 Å². The molecule has 2 aromatic carbocycles. The molecule has 2 aliphatic heterocycles. The van der Waals surface area contributed by atoms with Crippen LogP contribution in [0.25, 0.3) is 11.1 Å². The van der Waals surface area contributed by atoms with E-state index < -0.39 is 11.8 Å². The Bertz CT molecular complexity index is 1640. The van der Waals surface area contributed by atoms with Gasteiger partial charge in [-0.25, -0.2) is 18.6 Å². The van der Waals surface area contributed by atoms with Gasteiger partial charge in [-0.3, -0.25) is 4.98 Å². The second-order valence-electron chi connectivity index (χ2n) is 11.1. The highest BCUT2D eigenvalue weighted by Gasteiger charge is 2.28. The Morgan fingerprint density at radius 3 is 2.07 bits per heavy atom. The second kappa shape index (κ2) is 15.3. The summed E-state index contributed by atoms with van der Waals surface area (Å²) in [5.41, 5.74) is 11.1. The first kappa shape index (κ1) is 33.0. The van der Waals surface area contributed by atoms with Gasteiger partial charge in [-0.05, 0) is 68.9 Å². The van der Waals surface area contributed by atoms with Crippen molar-refractivity contribution in [2.45, 2.75) is 51.9 Å². The van der Waals surface area contributed by atoms with Gasteiger partial charge in [0.25, 0.3) is 0 Å². The third kappa shape index (κ3) is 8.07. The lowest BCUT2D eigenvalue weighted by Gasteiger charge is -2.20. The largest absolute Gasteiger partial charge is 0.493 e. The van der Waals surface area contributed by atoms with E-state index in [-0.39, 0.29) is 17.9 Å². The Labute approximate surface area is 267 Å². The van der Waals surface area contributed by atoms with Crippen molar-refractivity contribution >= 4 is 22.8 Å². The van der Waals surface area contributed by atoms with E-state index in [9.17, 15) is 18.7 Å². The van der Waals surface area contributed by atoms with Crippen LogP contribution in [-0.2, 0) is 15.9 Å². The maximum absolute atomic E-state index is 14.5. The molecule has 0 bridgehead atoms. The molecule has 0 atom stereocenters. The zero-order chi connectivity index (χ0) is 32.6. The van der Waals surface area contributed by atoms with Crippen molar-refractivity contribution in [3.63, 3.8) is 0 Å². The summed E-state index contributed by atoms with van der Waals surface area (Å²) in [6.07, 6.45) is 9.08. The van der Waals surface area contributed by atoms with E-state index in [2.05, 4.69) is 9.97 Å². The summed E-state index contributed by atoms with van der Waals surface area (Å²) >= 11 is 0. The Kier molecular flexibility index (Phi) is 11.0. The Balaban J connectivity index is 0.000000209. The summed E-state index contributed by atoms with van der Waals surface area (Å²) < 4.78 is 49.9. The summed E-state index contributed by atoms with van der Waals surface area (Å²) in [7, 11) is 0. The van der Waals surface area contributed by atoms with Gasteiger partial charge < -0.3 is 29.8 Å². The minimum Gasteiger partial charge on any atom is -0.493 e. The molecule has 46 heavy (non-hydrogen) atoms. The van der Waals surface area contributed by atoms with E-state index in [1.807, 2.05) is 26.0 Å². The SMILES string of the molecule is CCOc1c(Cc2ncc(C3CC3)nc2C(=O)O)cc(F)cc1C1=CCOCC1.CCOc1c(N)cc(F)cc1C1=CCOCC1. The zero-order valence-corrected chi connectivity index (χ0v) is 26.1. The lowest BCUT2D eigenvalue weighted by molar-refractivity contribution is 0.0688. The van der Waals surface area contributed by atoms with E-state index in [1.54, 1.807) is 6.20 Å². The fraction of sp³-hybridized carbons (Fsp3) is 0.400. The van der Waals surface area contributed by atoms with Crippen LogP contribution >= 0.6 is 0 Å². The molecule has 0 unspecified atom stereocenters. The van der Waals surface area contributed by atoms with Crippen LogP contribution in [0.1, 0.15) is 84.0 Å².